The predicted octanol–water partition coefficient (Wildman–Crippen LogP) is 4.16. The molecule has 110 valence electrons. The Bertz CT molecular complexity index is 272. The Morgan fingerprint density at radius 1 is 1.11 bits per heavy atom. The second-order valence-electron chi connectivity index (χ2n) is 6.04. The molecule has 19 heavy (non-hydrogen) atoms. The van der Waals surface area contributed by atoms with Crippen molar-refractivity contribution in [1.29, 1.82) is 0 Å². The summed E-state index contributed by atoms with van der Waals surface area (Å²) in [6, 6.07) is 0.407. The highest BCUT2D eigenvalue weighted by molar-refractivity contribution is 7.99. The Labute approximate surface area is 122 Å². The monoisotopic (exact) mass is 282 g/mol. The molecule has 1 atom stereocenters. The van der Waals surface area contributed by atoms with Crippen LogP contribution in [0.1, 0.15) is 70.6 Å². The van der Waals surface area contributed by atoms with E-state index in [1.807, 2.05) is 0 Å². The summed E-state index contributed by atoms with van der Waals surface area (Å²) in [6.07, 6.45) is 17.6. The smallest absolute Gasteiger partial charge is 0.0510 e. The van der Waals surface area contributed by atoms with Gasteiger partial charge < -0.3 is 0 Å². The molecule has 0 aliphatic heterocycles. The average Bonchev–Trinajstić information content (AvgIpc) is 2.42. The fourth-order valence-electron chi connectivity index (χ4n) is 3.26. The fourth-order valence-corrected chi connectivity index (χ4v) is 4.70. The molecule has 3 heteroatoms. The summed E-state index contributed by atoms with van der Waals surface area (Å²) in [5, 5.41) is 0.888. The van der Waals surface area contributed by atoms with Crippen molar-refractivity contribution in [3.05, 3.63) is 11.6 Å². The number of hydrogen-bond acceptors (Lipinski definition) is 3. The molecule has 2 nitrogen and oxygen atoms in total. The molecule has 3 N–H and O–H groups in total. The number of nitrogens with one attached hydrogen (secondary N) is 1. The van der Waals surface area contributed by atoms with Gasteiger partial charge in [0.2, 0.25) is 0 Å². The van der Waals surface area contributed by atoms with E-state index < -0.39 is 0 Å². The van der Waals surface area contributed by atoms with E-state index in [4.69, 9.17) is 5.84 Å². The van der Waals surface area contributed by atoms with E-state index in [-0.39, 0.29) is 0 Å². The van der Waals surface area contributed by atoms with Gasteiger partial charge in [0.15, 0.2) is 0 Å². The van der Waals surface area contributed by atoms with Crippen LogP contribution in [0.3, 0.4) is 0 Å². The Kier molecular flexibility index (Phi) is 7.33. The molecular weight excluding hydrogens is 252 g/mol. The van der Waals surface area contributed by atoms with E-state index in [1.165, 1.54) is 70.6 Å². The van der Waals surface area contributed by atoms with Crippen LogP contribution in [0.2, 0.25) is 0 Å². The normalized spacial score (nSPS) is 24.4. The lowest BCUT2D eigenvalue weighted by Crippen LogP contribution is -2.39. The highest BCUT2D eigenvalue weighted by atomic mass is 32.2. The van der Waals surface area contributed by atoms with E-state index in [2.05, 4.69) is 23.3 Å². The molecule has 1 fully saturated rings. The maximum Gasteiger partial charge on any atom is 0.0510 e. The molecule has 0 bridgehead atoms. The first-order valence-corrected chi connectivity index (χ1v) is 9.21. The maximum absolute atomic E-state index is 5.81. The Hall–Kier alpha value is 0.01000. The van der Waals surface area contributed by atoms with Crippen molar-refractivity contribution in [1.82, 2.24) is 5.43 Å². The van der Waals surface area contributed by atoms with Crippen molar-refractivity contribution < 1.29 is 0 Å². The van der Waals surface area contributed by atoms with Gasteiger partial charge in [-0.25, -0.2) is 0 Å². The van der Waals surface area contributed by atoms with Crippen LogP contribution < -0.4 is 11.3 Å². The number of allylic oxidation sites excluding steroid dienone is 1. The van der Waals surface area contributed by atoms with Gasteiger partial charge in [0, 0.05) is 11.0 Å². The highest BCUT2D eigenvalue weighted by Gasteiger charge is 2.18. The molecule has 0 spiro atoms. The minimum Gasteiger partial charge on any atom is -0.271 e. The number of thioether (sulfide) groups is 1. The quantitative estimate of drug-likeness (QED) is 0.451. The minimum absolute atomic E-state index is 0.407. The second kappa shape index (κ2) is 9.04. The lowest BCUT2D eigenvalue weighted by molar-refractivity contribution is 0.514. The summed E-state index contributed by atoms with van der Waals surface area (Å²) in [6.45, 7) is 0. The van der Waals surface area contributed by atoms with E-state index >= 15 is 0 Å². The SMILES string of the molecule is NNC(CSC1CCCCC1)C1=CCCCCCC1. The Morgan fingerprint density at radius 3 is 2.63 bits per heavy atom. The van der Waals surface area contributed by atoms with Crippen molar-refractivity contribution in [2.45, 2.75) is 81.9 Å². The molecule has 0 radical (unpaired) electrons. The third-order valence-electron chi connectivity index (χ3n) is 4.53. The summed E-state index contributed by atoms with van der Waals surface area (Å²) < 4.78 is 0. The molecule has 2 aliphatic carbocycles. The number of hydrazine groups is 1. The van der Waals surface area contributed by atoms with Crippen LogP contribution in [0.4, 0.5) is 0 Å². The molecule has 0 heterocycles. The molecule has 0 aromatic carbocycles. The summed E-state index contributed by atoms with van der Waals surface area (Å²) in [7, 11) is 0. The Morgan fingerprint density at radius 2 is 1.84 bits per heavy atom. The van der Waals surface area contributed by atoms with Crippen LogP contribution in [-0.4, -0.2) is 17.0 Å². The van der Waals surface area contributed by atoms with Crippen molar-refractivity contribution in [3.8, 4) is 0 Å². The summed E-state index contributed by atoms with van der Waals surface area (Å²) in [4.78, 5) is 0. The molecule has 1 saturated carbocycles. The third kappa shape index (κ3) is 5.49. The second-order valence-corrected chi connectivity index (χ2v) is 7.38. The number of nitrogens with two attached hydrogens (primary N) is 1. The molecule has 2 rings (SSSR count). The van der Waals surface area contributed by atoms with E-state index in [9.17, 15) is 0 Å². The number of hydrogen-bond donors (Lipinski definition) is 2. The molecule has 0 aromatic heterocycles. The zero-order valence-electron chi connectivity index (χ0n) is 12.2. The summed E-state index contributed by atoms with van der Waals surface area (Å²) in [5.41, 5.74) is 4.64. The van der Waals surface area contributed by atoms with E-state index in [0.717, 1.165) is 11.0 Å². The van der Waals surface area contributed by atoms with Crippen LogP contribution in [0.15, 0.2) is 11.6 Å². The van der Waals surface area contributed by atoms with Gasteiger partial charge in [0.1, 0.15) is 0 Å². The average molecular weight is 282 g/mol. The first-order chi connectivity index (χ1) is 9.40. The van der Waals surface area contributed by atoms with Crippen LogP contribution >= 0.6 is 11.8 Å². The van der Waals surface area contributed by atoms with Crippen LogP contribution in [-0.2, 0) is 0 Å². The van der Waals surface area contributed by atoms with Gasteiger partial charge >= 0.3 is 0 Å². The lowest BCUT2D eigenvalue weighted by Gasteiger charge is -2.26. The highest BCUT2D eigenvalue weighted by Crippen LogP contribution is 2.30. The van der Waals surface area contributed by atoms with Crippen LogP contribution in [0.25, 0.3) is 0 Å². The van der Waals surface area contributed by atoms with Gasteiger partial charge in [-0.15, -0.1) is 0 Å². The predicted molar refractivity (Wildman–Crippen MR) is 86.2 cm³/mol. The minimum atomic E-state index is 0.407. The molecule has 0 saturated heterocycles. The Balaban J connectivity index is 1.80. The van der Waals surface area contributed by atoms with Crippen molar-refractivity contribution >= 4 is 11.8 Å². The van der Waals surface area contributed by atoms with Gasteiger partial charge in [-0.1, -0.05) is 43.8 Å². The zero-order valence-corrected chi connectivity index (χ0v) is 13.0. The van der Waals surface area contributed by atoms with Crippen molar-refractivity contribution in [3.63, 3.8) is 0 Å². The molecule has 1 unspecified atom stereocenters. The first kappa shape index (κ1) is 15.4. The van der Waals surface area contributed by atoms with Crippen molar-refractivity contribution in [2.24, 2.45) is 5.84 Å². The fraction of sp³-hybridized carbons (Fsp3) is 0.875. The first-order valence-electron chi connectivity index (χ1n) is 8.17. The largest absolute Gasteiger partial charge is 0.271 e. The summed E-state index contributed by atoms with van der Waals surface area (Å²) >= 11 is 2.15. The standard InChI is InChI=1S/C16H30N2S/c17-18-16(13-19-15-11-7-4-8-12-15)14-9-5-2-1-3-6-10-14/h9,15-16,18H,1-8,10-13,17H2. The van der Waals surface area contributed by atoms with Crippen LogP contribution in [0, 0.1) is 0 Å². The van der Waals surface area contributed by atoms with Gasteiger partial charge in [0.05, 0.1) is 6.04 Å². The molecule has 0 aromatic rings. The van der Waals surface area contributed by atoms with Gasteiger partial charge in [-0.05, 0) is 38.5 Å². The molecule has 0 amide bonds. The molecule has 2 aliphatic rings. The lowest BCUT2D eigenvalue weighted by atomic mass is 9.96. The van der Waals surface area contributed by atoms with Crippen molar-refractivity contribution in [2.75, 3.05) is 5.75 Å². The zero-order chi connectivity index (χ0) is 13.3. The van der Waals surface area contributed by atoms with Gasteiger partial charge in [-0.2, -0.15) is 11.8 Å². The van der Waals surface area contributed by atoms with E-state index in [0.29, 0.717) is 6.04 Å². The van der Waals surface area contributed by atoms with Gasteiger partial charge in [0.25, 0.3) is 0 Å². The topological polar surface area (TPSA) is 38.0 Å². The number of rotatable bonds is 5. The van der Waals surface area contributed by atoms with Gasteiger partial charge in [-0.3, -0.25) is 11.3 Å². The van der Waals surface area contributed by atoms with E-state index in [1.54, 1.807) is 5.57 Å². The summed E-state index contributed by atoms with van der Waals surface area (Å²) in [5.74, 6) is 6.96. The maximum atomic E-state index is 5.81. The molecular formula is C16H30N2S. The third-order valence-corrected chi connectivity index (χ3v) is 5.99. The van der Waals surface area contributed by atoms with Crippen LogP contribution in [0.5, 0.6) is 0 Å².